The SMILES string of the molecule is Cc1cc(=[NH+]c2ccc(Cl)cc2)c(C(C)C)c2ssnc1-2.[Cl-]. The van der Waals surface area contributed by atoms with Gasteiger partial charge in [0.15, 0.2) is 0 Å². The molecule has 0 saturated heterocycles. The summed E-state index contributed by atoms with van der Waals surface area (Å²) in [6.07, 6.45) is 0. The number of hydrogen-bond acceptors (Lipinski definition) is 3. The fourth-order valence-electron chi connectivity index (χ4n) is 2.45. The number of aromatic nitrogens is 1. The highest BCUT2D eigenvalue weighted by molar-refractivity contribution is 7.68. The van der Waals surface area contributed by atoms with Gasteiger partial charge in [-0.05, 0) is 30.5 Å². The molecule has 0 unspecified atom stereocenters. The van der Waals surface area contributed by atoms with Crippen molar-refractivity contribution < 1.29 is 17.4 Å². The summed E-state index contributed by atoms with van der Waals surface area (Å²) in [4.78, 5) is 4.83. The first-order valence-electron chi connectivity index (χ1n) is 6.81. The minimum atomic E-state index is 0. The lowest BCUT2D eigenvalue weighted by Crippen LogP contribution is -3.00. The molecule has 1 aliphatic heterocycles. The van der Waals surface area contributed by atoms with Gasteiger partial charge in [0.2, 0.25) is 11.0 Å². The van der Waals surface area contributed by atoms with Crippen molar-refractivity contribution in [1.29, 1.82) is 0 Å². The molecule has 1 N–H and O–H groups in total. The number of aryl methyl sites for hydroxylation is 1. The van der Waals surface area contributed by atoms with Crippen molar-refractivity contribution in [2.45, 2.75) is 26.7 Å². The van der Waals surface area contributed by atoms with Gasteiger partial charge in [-0.1, -0.05) is 35.8 Å². The summed E-state index contributed by atoms with van der Waals surface area (Å²) in [5, 5.41) is 1.91. The molecule has 6 heteroatoms. The second kappa shape index (κ2) is 7.09. The van der Waals surface area contributed by atoms with Gasteiger partial charge in [0, 0.05) is 39.3 Å². The van der Waals surface area contributed by atoms with E-state index in [1.165, 1.54) is 16.0 Å². The summed E-state index contributed by atoms with van der Waals surface area (Å²) >= 11 is 5.95. The van der Waals surface area contributed by atoms with Crippen molar-refractivity contribution in [2.75, 3.05) is 0 Å². The Bertz CT molecular complexity index is 804. The summed E-state index contributed by atoms with van der Waals surface area (Å²) in [5.74, 6) is 0.440. The Kier molecular flexibility index (Phi) is 5.61. The van der Waals surface area contributed by atoms with E-state index < -0.39 is 0 Å². The molecule has 1 aliphatic carbocycles. The Balaban J connectivity index is 0.00000176. The van der Waals surface area contributed by atoms with Crippen LogP contribution in [0.3, 0.4) is 0 Å². The van der Waals surface area contributed by atoms with Crippen LogP contribution in [0.2, 0.25) is 5.02 Å². The van der Waals surface area contributed by atoms with Crippen LogP contribution in [0.1, 0.15) is 30.9 Å². The topological polar surface area (TPSA) is 26.9 Å². The lowest BCUT2D eigenvalue weighted by atomic mass is 9.96. The smallest absolute Gasteiger partial charge is 0.209 e. The van der Waals surface area contributed by atoms with E-state index in [0.29, 0.717) is 5.92 Å². The van der Waals surface area contributed by atoms with Crippen molar-refractivity contribution >= 4 is 38.2 Å². The van der Waals surface area contributed by atoms with Gasteiger partial charge in [-0.2, -0.15) is 4.37 Å². The molecule has 0 atom stereocenters. The Morgan fingerprint density at radius 3 is 2.50 bits per heavy atom. The number of fused-ring (bicyclic) bond motifs is 1. The Morgan fingerprint density at radius 2 is 1.86 bits per heavy atom. The molecular weight excluding hydrogens is 355 g/mol. The lowest BCUT2D eigenvalue weighted by molar-refractivity contribution is -0.403. The summed E-state index contributed by atoms with van der Waals surface area (Å²) in [6.45, 7) is 6.56. The van der Waals surface area contributed by atoms with Crippen LogP contribution < -0.4 is 22.8 Å². The average molecular weight is 371 g/mol. The first-order chi connectivity index (χ1) is 10.1. The normalized spacial score (nSPS) is 12.0. The number of hydrogen-bond donors (Lipinski definition) is 1. The van der Waals surface area contributed by atoms with Crippen LogP contribution >= 0.6 is 32.5 Å². The fourth-order valence-corrected chi connectivity index (χ4v) is 4.84. The minimum Gasteiger partial charge on any atom is -1.00 e. The second-order valence-electron chi connectivity index (χ2n) is 5.37. The maximum absolute atomic E-state index is 5.95. The third-order valence-corrected chi connectivity index (χ3v) is 5.54. The highest BCUT2D eigenvalue weighted by Crippen LogP contribution is 2.35. The van der Waals surface area contributed by atoms with Crippen LogP contribution in [0.4, 0.5) is 5.69 Å². The largest absolute Gasteiger partial charge is 1.00 e. The van der Waals surface area contributed by atoms with E-state index in [2.05, 4.69) is 36.2 Å². The van der Waals surface area contributed by atoms with Crippen molar-refractivity contribution in [3.8, 4) is 10.6 Å². The molecule has 0 aromatic heterocycles. The monoisotopic (exact) mass is 370 g/mol. The van der Waals surface area contributed by atoms with Crippen molar-refractivity contribution in [2.24, 2.45) is 0 Å². The quantitative estimate of drug-likeness (QED) is 0.660. The molecule has 22 heavy (non-hydrogen) atoms. The molecule has 1 aromatic carbocycles. The van der Waals surface area contributed by atoms with E-state index >= 15 is 0 Å². The van der Waals surface area contributed by atoms with Gasteiger partial charge >= 0.3 is 0 Å². The molecule has 1 heterocycles. The maximum atomic E-state index is 5.95. The van der Waals surface area contributed by atoms with Crippen LogP contribution in [-0.4, -0.2) is 4.37 Å². The van der Waals surface area contributed by atoms with Gasteiger partial charge in [-0.15, -0.1) is 0 Å². The zero-order valence-corrected chi connectivity index (χ0v) is 15.6. The number of benzene rings is 2. The van der Waals surface area contributed by atoms with Crippen molar-refractivity contribution in [3.63, 3.8) is 0 Å². The van der Waals surface area contributed by atoms with Crippen LogP contribution in [0.15, 0.2) is 30.3 Å². The highest BCUT2D eigenvalue weighted by Gasteiger charge is 2.21. The van der Waals surface area contributed by atoms with Gasteiger partial charge < -0.3 is 12.4 Å². The number of halogens is 2. The predicted molar refractivity (Wildman–Crippen MR) is 90.6 cm³/mol. The highest BCUT2D eigenvalue weighted by atomic mass is 35.5. The summed E-state index contributed by atoms with van der Waals surface area (Å²) in [5.41, 5.74) is 4.73. The molecule has 1 aromatic rings. The van der Waals surface area contributed by atoms with Gasteiger partial charge in [-0.25, -0.2) is 4.99 Å². The Morgan fingerprint density at radius 1 is 1.18 bits per heavy atom. The first-order valence-corrected chi connectivity index (χ1v) is 9.29. The first kappa shape index (κ1) is 17.4. The van der Waals surface area contributed by atoms with E-state index in [0.717, 1.165) is 21.8 Å². The second-order valence-corrected chi connectivity index (χ2v) is 7.66. The van der Waals surface area contributed by atoms with E-state index in [-0.39, 0.29) is 12.4 Å². The molecule has 2 nitrogen and oxygen atoms in total. The zero-order chi connectivity index (χ0) is 15.0. The van der Waals surface area contributed by atoms with E-state index in [9.17, 15) is 0 Å². The molecule has 0 fully saturated rings. The zero-order valence-electron chi connectivity index (χ0n) is 12.5. The molecule has 0 spiro atoms. The Hall–Kier alpha value is -0.940. The average Bonchev–Trinajstić information content (AvgIpc) is 2.90. The standard InChI is InChI=1S/C16H15ClN2S2.ClH/c1-9(2)14-13(18-12-6-4-11(17)5-7-12)8-10(3)15-16(14)20-21-19-15;/h4-9H,1-3H3;1H. The molecule has 0 radical (unpaired) electrons. The fraction of sp³-hybridized carbons (Fsp3) is 0.250. The van der Waals surface area contributed by atoms with Crippen LogP contribution in [0, 0.1) is 6.92 Å². The minimum absolute atomic E-state index is 0. The molecule has 2 aliphatic rings. The molecule has 3 rings (SSSR count). The van der Waals surface area contributed by atoms with Gasteiger partial charge in [0.05, 0.1) is 10.6 Å². The van der Waals surface area contributed by atoms with Crippen LogP contribution in [0.25, 0.3) is 10.6 Å². The van der Waals surface area contributed by atoms with Gasteiger partial charge in [0.1, 0.15) is 0 Å². The van der Waals surface area contributed by atoms with E-state index in [4.69, 9.17) is 11.6 Å². The van der Waals surface area contributed by atoms with E-state index in [1.54, 1.807) is 20.9 Å². The van der Waals surface area contributed by atoms with Crippen molar-refractivity contribution in [1.82, 2.24) is 4.37 Å². The number of nitrogens with zero attached hydrogens (tertiary/aromatic N) is 1. The van der Waals surface area contributed by atoms with Crippen molar-refractivity contribution in [3.05, 3.63) is 51.8 Å². The lowest BCUT2D eigenvalue weighted by Gasteiger charge is -2.09. The molecule has 0 bridgehead atoms. The number of rotatable bonds is 2. The predicted octanol–water partition coefficient (Wildman–Crippen LogP) is 0.712. The van der Waals surface area contributed by atoms with Crippen LogP contribution in [0.5, 0.6) is 0 Å². The molecule has 0 amide bonds. The summed E-state index contributed by atoms with van der Waals surface area (Å²) in [6, 6.07) is 10.00. The Labute approximate surface area is 148 Å². The van der Waals surface area contributed by atoms with Gasteiger partial charge in [-0.3, -0.25) is 0 Å². The molecule has 0 saturated carbocycles. The molecular formula is C16H16Cl2N2S2. The molecule has 116 valence electrons. The third kappa shape index (κ3) is 3.35. The summed E-state index contributed by atoms with van der Waals surface area (Å²) in [7, 11) is 3.32. The maximum Gasteiger partial charge on any atom is 0.209 e. The summed E-state index contributed by atoms with van der Waals surface area (Å²) < 4.78 is 4.54. The van der Waals surface area contributed by atoms with E-state index in [1.807, 2.05) is 24.3 Å². The van der Waals surface area contributed by atoms with Gasteiger partial charge in [0.25, 0.3) is 0 Å². The number of nitrogens with one attached hydrogen (secondary N) is 1. The third-order valence-electron chi connectivity index (χ3n) is 3.43. The van der Waals surface area contributed by atoms with Crippen LogP contribution in [-0.2, 0) is 0 Å².